The van der Waals surface area contributed by atoms with Gasteiger partial charge in [-0.1, -0.05) is 48.0 Å². The minimum Gasteiger partial charge on any atom is -0.427 e. The summed E-state index contributed by atoms with van der Waals surface area (Å²) in [6.45, 7) is 3.71. The standard InChI is InChI=1S/C26H26N2O4/c1-18-9-11-20(12-10-18)13-14-25(30)27-17-21-5-3-7-23(15-21)28-26(31)22-6-4-8-24(16-22)32-19(2)29/h3-12,15-16H,13-14,17H2,1-2H3,(H,27,30)(H,28,31). The highest BCUT2D eigenvalue weighted by Crippen LogP contribution is 2.17. The molecule has 2 N–H and O–H groups in total. The number of ether oxygens (including phenoxy) is 1. The Morgan fingerprint density at radius 3 is 2.38 bits per heavy atom. The summed E-state index contributed by atoms with van der Waals surface area (Å²) in [5.74, 6) is -0.482. The van der Waals surface area contributed by atoms with E-state index >= 15 is 0 Å². The Hall–Kier alpha value is -3.93. The zero-order valence-electron chi connectivity index (χ0n) is 18.2. The van der Waals surface area contributed by atoms with Gasteiger partial charge in [0.05, 0.1) is 0 Å². The SMILES string of the molecule is CC(=O)Oc1cccc(C(=O)Nc2cccc(CNC(=O)CCc3ccc(C)cc3)c2)c1. The first kappa shape index (κ1) is 22.7. The summed E-state index contributed by atoms with van der Waals surface area (Å²) in [6.07, 6.45) is 1.10. The van der Waals surface area contributed by atoms with Crippen molar-refractivity contribution in [3.63, 3.8) is 0 Å². The van der Waals surface area contributed by atoms with Gasteiger partial charge in [0.15, 0.2) is 0 Å². The molecular formula is C26H26N2O4. The van der Waals surface area contributed by atoms with E-state index in [0.29, 0.717) is 36.4 Å². The van der Waals surface area contributed by atoms with Crippen molar-refractivity contribution >= 4 is 23.5 Å². The van der Waals surface area contributed by atoms with Crippen LogP contribution in [0.2, 0.25) is 0 Å². The van der Waals surface area contributed by atoms with Gasteiger partial charge in [0, 0.05) is 31.1 Å². The lowest BCUT2D eigenvalue weighted by Crippen LogP contribution is -2.23. The van der Waals surface area contributed by atoms with Crippen molar-refractivity contribution in [3.05, 3.63) is 95.1 Å². The van der Waals surface area contributed by atoms with Gasteiger partial charge in [-0.2, -0.15) is 0 Å². The molecule has 0 atom stereocenters. The fourth-order valence-corrected chi connectivity index (χ4v) is 3.13. The predicted octanol–water partition coefficient (Wildman–Crippen LogP) is 4.42. The third-order valence-corrected chi connectivity index (χ3v) is 4.79. The highest BCUT2D eigenvalue weighted by Gasteiger charge is 2.09. The van der Waals surface area contributed by atoms with Crippen molar-refractivity contribution in [1.29, 1.82) is 0 Å². The Morgan fingerprint density at radius 1 is 0.875 bits per heavy atom. The molecule has 3 aromatic carbocycles. The third-order valence-electron chi connectivity index (χ3n) is 4.79. The quantitative estimate of drug-likeness (QED) is 0.409. The molecule has 0 unspecified atom stereocenters. The van der Waals surface area contributed by atoms with Crippen molar-refractivity contribution in [2.24, 2.45) is 0 Å². The lowest BCUT2D eigenvalue weighted by atomic mass is 10.1. The van der Waals surface area contributed by atoms with Gasteiger partial charge in [-0.05, 0) is 54.8 Å². The molecule has 0 bridgehead atoms. The van der Waals surface area contributed by atoms with E-state index in [1.807, 2.05) is 49.4 Å². The Balaban J connectivity index is 1.52. The van der Waals surface area contributed by atoms with Crippen LogP contribution in [0.5, 0.6) is 5.75 Å². The van der Waals surface area contributed by atoms with Crippen LogP contribution in [0.1, 0.15) is 40.4 Å². The average Bonchev–Trinajstić information content (AvgIpc) is 2.77. The van der Waals surface area contributed by atoms with Crippen molar-refractivity contribution in [2.75, 3.05) is 5.32 Å². The molecule has 6 nitrogen and oxygen atoms in total. The number of esters is 1. The molecule has 0 saturated heterocycles. The molecule has 0 aliphatic rings. The smallest absolute Gasteiger partial charge is 0.308 e. The molecule has 0 spiro atoms. The molecule has 3 rings (SSSR count). The van der Waals surface area contributed by atoms with E-state index in [9.17, 15) is 14.4 Å². The molecule has 0 fully saturated rings. The van der Waals surface area contributed by atoms with Crippen LogP contribution in [0.4, 0.5) is 5.69 Å². The minimum absolute atomic E-state index is 0.0256. The zero-order valence-corrected chi connectivity index (χ0v) is 18.2. The fourth-order valence-electron chi connectivity index (χ4n) is 3.13. The first-order chi connectivity index (χ1) is 15.4. The van der Waals surface area contributed by atoms with E-state index in [4.69, 9.17) is 4.74 Å². The van der Waals surface area contributed by atoms with E-state index in [-0.39, 0.29) is 11.8 Å². The number of rotatable bonds is 8. The largest absolute Gasteiger partial charge is 0.427 e. The second-order valence-corrected chi connectivity index (χ2v) is 7.54. The number of hydrogen-bond acceptors (Lipinski definition) is 4. The Kier molecular flexibility index (Phi) is 7.75. The third kappa shape index (κ3) is 7.09. The Morgan fingerprint density at radius 2 is 1.62 bits per heavy atom. The summed E-state index contributed by atoms with van der Waals surface area (Å²) in [7, 11) is 0. The van der Waals surface area contributed by atoms with Crippen LogP contribution in [-0.2, 0) is 22.6 Å². The molecule has 0 aliphatic carbocycles. The molecule has 0 radical (unpaired) electrons. The van der Waals surface area contributed by atoms with Gasteiger partial charge in [0.25, 0.3) is 5.91 Å². The van der Waals surface area contributed by atoms with E-state index in [1.54, 1.807) is 24.3 Å². The number of carbonyl (C=O) groups excluding carboxylic acids is 3. The van der Waals surface area contributed by atoms with Gasteiger partial charge in [-0.15, -0.1) is 0 Å². The number of nitrogens with one attached hydrogen (secondary N) is 2. The summed E-state index contributed by atoms with van der Waals surface area (Å²) in [5.41, 5.74) is 4.19. The first-order valence-corrected chi connectivity index (χ1v) is 10.4. The van der Waals surface area contributed by atoms with E-state index in [0.717, 1.165) is 11.1 Å². The maximum Gasteiger partial charge on any atom is 0.308 e. The normalized spacial score (nSPS) is 10.3. The predicted molar refractivity (Wildman–Crippen MR) is 123 cm³/mol. The molecule has 0 saturated carbocycles. The second-order valence-electron chi connectivity index (χ2n) is 7.54. The molecule has 6 heteroatoms. The lowest BCUT2D eigenvalue weighted by molar-refractivity contribution is -0.131. The van der Waals surface area contributed by atoms with Crippen LogP contribution >= 0.6 is 0 Å². The molecule has 32 heavy (non-hydrogen) atoms. The zero-order chi connectivity index (χ0) is 22.9. The van der Waals surface area contributed by atoms with Crippen molar-refractivity contribution < 1.29 is 19.1 Å². The van der Waals surface area contributed by atoms with Crippen LogP contribution in [0.15, 0.2) is 72.8 Å². The maximum atomic E-state index is 12.5. The molecular weight excluding hydrogens is 404 g/mol. The number of amides is 2. The van der Waals surface area contributed by atoms with Crippen LogP contribution in [-0.4, -0.2) is 17.8 Å². The van der Waals surface area contributed by atoms with Gasteiger partial charge < -0.3 is 15.4 Å². The topological polar surface area (TPSA) is 84.5 Å². The first-order valence-electron chi connectivity index (χ1n) is 10.4. The van der Waals surface area contributed by atoms with Gasteiger partial charge >= 0.3 is 5.97 Å². The molecule has 0 heterocycles. The highest BCUT2D eigenvalue weighted by molar-refractivity contribution is 6.04. The van der Waals surface area contributed by atoms with Crippen molar-refractivity contribution in [2.45, 2.75) is 33.2 Å². The van der Waals surface area contributed by atoms with Gasteiger partial charge in [0.1, 0.15) is 5.75 Å². The van der Waals surface area contributed by atoms with Crippen LogP contribution < -0.4 is 15.4 Å². The number of anilines is 1. The Labute approximate surface area is 187 Å². The van der Waals surface area contributed by atoms with Gasteiger partial charge in [-0.25, -0.2) is 0 Å². The molecule has 164 valence electrons. The molecule has 2 amide bonds. The molecule has 3 aromatic rings. The summed E-state index contributed by atoms with van der Waals surface area (Å²) in [5, 5.41) is 5.74. The number of benzene rings is 3. The summed E-state index contributed by atoms with van der Waals surface area (Å²) in [6, 6.07) is 21.9. The summed E-state index contributed by atoms with van der Waals surface area (Å²) < 4.78 is 5.02. The monoisotopic (exact) mass is 430 g/mol. The van der Waals surface area contributed by atoms with Crippen molar-refractivity contribution in [1.82, 2.24) is 5.32 Å². The summed E-state index contributed by atoms with van der Waals surface area (Å²) >= 11 is 0. The number of aryl methyl sites for hydroxylation is 2. The maximum absolute atomic E-state index is 12.5. The van der Waals surface area contributed by atoms with Gasteiger partial charge in [0.2, 0.25) is 5.91 Å². The van der Waals surface area contributed by atoms with E-state index in [2.05, 4.69) is 10.6 Å². The number of carbonyl (C=O) groups is 3. The van der Waals surface area contributed by atoms with Crippen LogP contribution in [0.3, 0.4) is 0 Å². The second kappa shape index (κ2) is 10.9. The fraction of sp³-hybridized carbons (Fsp3) is 0.192. The Bertz CT molecular complexity index is 1110. The molecule has 0 aliphatic heterocycles. The summed E-state index contributed by atoms with van der Waals surface area (Å²) in [4.78, 5) is 35.8. The highest BCUT2D eigenvalue weighted by atomic mass is 16.5. The van der Waals surface area contributed by atoms with E-state index < -0.39 is 5.97 Å². The van der Waals surface area contributed by atoms with Gasteiger partial charge in [-0.3, -0.25) is 14.4 Å². The minimum atomic E-state index is -0.448. The van der Waals surface area contributed by atoms with Crippen LogP contribution in [0.25, 0.3) is 0 Å². The van der Waals surface area contributed by atoms with E-state index in [1.165, 1.54) is 18.6 Å². The average molecular weight is 431 g/mol. The number of hydrogen-bond donors (Lipinski definition) is 2. The molecule has 0 aromatic heterocycles. The van der Waals surface area contributed by atoms with Crippen molar-refractivity contribution in [3.8, 4) is 5.75 Å². The lowest BCUT2D eigenvalue weighted by Gasteiger charge is -2.10. The van der Waals surface area contributed by atoms with Crippen LogP contribution in [0, 0.1) is 6.92 Å².